The van der Waals surface area contributed by atoms with Gasteiger partial charge in [-0.25, -0.2) is 0 Å². The number of hydrogen-bond donors (Lipinski definition) is 0. The third-order valence-corrected chi connectivity index (χ3v) is 5.94. The first-order chi connectivity index (χ1) is 9.75. The molecule has 3 saturated carbocycles. The van der Waals surface area contributed by atoms with Crippen molar-refractivity contribution in [2.45, 2.75) is 44.4 Å². The zero-order valence-corrected chi connectivity index (χ0v) is 11.7. The van der Waals surface area contributed by atoms with Crippen molar-refractivity contribution in [3.8, 4) is 0 Å². The van der Waals surface area contributed by atoms with Crippen LogP contribution in [0.1, 0.15) is 50.0 Å². The lowest BCUT2D eigenvalue weighted by Gasteiger charge is -2.31. The lowest BCUT2D eigenvalue weighted by molar-refractivity contribution is -0.138. The summed E-state index contributed by atoms with van der Waals surface area (Å²) in [5, 5.41) is 0. The van der Waals surface area contributed by atoms with Crippen molar-refractivity contribution in [3.05, 3.63) is 35.9 Å². The number of ketones is 2. The minimum Gasteiger partial charge on any atom is -0.299 e. The Morgan fingerprint density at radius 3 is 2.50 bits per heavy atom. The van der Waals surface area contributed by atoms with Gasteiger partial charge in [-0.1, -0.05) is 36.8 Å². The second kappa shape index (κ2) is 4.28. The molecule has 4 rings (SSSR count). The fourth-order valence-electron chi connectivity index (χ4n) is 5.23. The van der Waals surface area contributed by atoms with Crippen LogP contribution in [0.15, 0.2) is 30.3 Å². The topological polar surface area (TPSA) is 34.1 Å². The van der Waals surface area contributed by atoms with Crippen LogP contribution < -0.4 is 0 Å². The van der Waals surface area contributed by atoms with E-state index < -0.39 is 5.41 Å². The normalized spacial score (nSPS) is 39.7. The molecule has 0 N–H and O–H groups in total. The number of carbonyl (C=O) groups is 2. The standard InChI is InChI=1S/C18H20O2/c19-15-10-5-11-18(15)16(12-6-2-1-3-7-12)13-8-4-9-14(13)17(18)20/h1-3,6-7,13-14,16H,4-5,8-11H2/t13-,14+,16+,18+/m1/s1. The highest BCUT2D eigenvalue weighted by atomic mass is 16.2. The Morgan fingerprint density at radius 2 is 1.80 bits per heavy atom. The summed E-state index contributed by atoms with van der Waals surface area (Å²) >= 11 is 0. The second-order valence-corrected chi connectivity index (χ2v) is 6.70. The number of fused-ring (bicyclic) bond motifs is 1. The molecule has 1 aromatic rings. The van der Waals surface area contributed by atoms with E-state index in [2.05, 4.69) is 12.1 Å². The molecule has 0 bridgehead atoms. The molecule has 104 valence electrons. The van der Waals surface area contributed by atoms with Crippen molar-refractivity contribution in [3.63, 3.8) is 0 Å². The van der Waals surface area contributed by atoms with Gasteiger partial charge in [-0.05, 0) is 37.2 Å². The fourth-order valence-corrected chi connectivity index (χ4v) is 5.23. The predicted molar refractivity (Wildman–Crippen MR) is 76.3 cm³/mol. The number of hydrogen-bond acceptors (Lipinski definition) is 2. The summed E-state index contributed by atoms with van der Waals surface area (Å²) in [4.78, 5) is 25.6. The van der Waals surface area contributed by atoms with E-state index in [1.165, 1.54) is 5.56 Å². The largest absolute Gasteiger partial charge is 0.299 e. The molecule has 3 aliphatic rings. The molecule has 4 atom stereocenters. The van der Waals surface area contributed by atoms with E-state index in [9.17, 15) is 9.59 Å². The highest BCUT2D eigenvalue weighted by Gasteiger charge is 2.65. The van der Waals surface area contributed by atoms with Crippen LogP contribution in [0.4, 0.5) is 0 Å². The van der Waals surface area contributed by atoms with Gasteiger partial charge in [0.15, 0.2) is 0 Å². The van der Waals surface area contributed by atoms with Crippen LogP contribution in [-0.2, 0) is 9.59 Å². The highest BCUT2D eigenvalue weighted by Crippen LogP contribution is 2.63. The van der Waals surface area contributed by atoms with Crippen molar-refractivity contribution in [1.82, 2.24) is 0 Å². The molecule has 0 saturated heterocycles. The minimum atomic E-state index is -0.656. The Morgan fingerprint density at radius 1 is 1.00 bits per heavy atom. The summed E-state index contributed by atoms with van der Waals surface area (Å²) in [7, 11) is 0. The smallest absolute Gasteiger partial charge is 0.150 e. The maximum atomic E-state index is 13.0. The van der Waals surface area contributed by atoms with E-state index in [0.29, 0.717) is 12.3 Å². The van der Waals surface area contributed by atoms with E-state index in [1.807, 2.05) is 18.2 Å². The first-order valence-electron chi connectivity index (χ1n) is 7.88. The maximum Gasteiger partial charge on any atom is 0.150 e. The van der Waals surface area contributed by atoms with Crippen LogP contribution in [0.5, 0.6) is 0 Å². The van der Waals surface area contributed by atoms with Crippen LogP contribution in [0.25, 0.3) is 0 Å². The van der Waals surface area contributed by atoms with Gasteiger partial charge in [0.1, 0.15) is 11.6 Å². The molecular weight excluding hydrogens is 248 g/mol. The lowest BCUT2D eigenvalue weighted by Crippen LogP contribution is -2.37. The van der Waals surface area contributed by atoms with Crippen LogP contribution in [-0.4, -0.2) is 11.6 Å². The highest BCUT2D eigenvalue weighted by molar-refractivity contribution is 6.12. The van der Waals surface area contributed by atoms with Gasteiger partial charge in [0, 0.05) is 18.3 Å². The average molecular weight is 268 g/mol. The van der Waals surface area contributed by atoms with Gasteiger partial charge in [0.05, 0.1) is 5.41 Å². The van der Waals surface area contributed by atoms with Crippen LogP contribution in [0.2, 0.25) is 0 Å². The molecule has 0 heterocycles. The van der Waals surface area contributed by atoms with Crippen molar-refractivity contribution < 1.29 is 9.59 Å². The average Bonchev–Trinajstić information content (AvgIpc) is 3.13. The Labute approximate surface area is 119 Å². The monoisotopic (exact) mass is 268 g/mol. The number of Topliss-reactive ketones (excluding diaryl/α,β-unsaturated/α-hetero) is 2. The molecule has 0 aromatic heterocycles. The van der Waals surface area contributed by atoms with Crippen molar-refractivity contribution in [1.29, 1.82) is 0 Å². The predicted octanol–water partition coefficient (Wildman–Crippen LogP) is 3.51. The molecule has 0 unspecified atom stereocenters. The Balaban J connectivity index is 1.88. The Kier molecular flexibility index (Phi) is 2.63. The minimum absolute atomic E-state index is 0.152. The zero-order chi connectivity index (χ0) is 13.7. The molecule has 0 aliphatic heterocycles. The quantitative estimate of drug-likeness (QED) is 0.730. The van der Waals surface area contributed by atoms with Gasteiger partial charge in [-0.3, -0.25) is 9.59 Å². The third-order valence-electron chi connectivity index (χ3n) is 5.94. The third kappa shape index (κ3) is 1.40. The Bertz CT molecular complexity index is 562. The fraction of sp³-hybridized carbons (Fsp3) is 0.556. The first-order valence-corrected chi connectivity index (χ1v) is 7.88. The summed E-state index contributed by atoms with van der Waals surface area (Å²) in [5.41, 5.74) is 0.558. The maximum absolute atomic E-state index is 13.0. The van der Waals surface area contributed by atoms with Crippen LogP contribution in [0, 0.1) is 17.3 Å². The van der Waals surface area contributed by atoms with Crippen molar-refractivity contribution in [2.75, 3.05) is 0 Å². The van der Waals surface area contributed by atoms with Gasteiger partial charge < -0.3 is 0 Å². The van der Waals surface area contributed by atoms with Crippen molar-refractivity contribution in [2.24, 2.45) is 17.3 Å². The molecule has 3 aliphatic carbocycles. The summed E-state index contributed by atoms with van der Waals surface area (Å²) < 4.78 is 0. The molecule has 2 nitrogen and oxygen atoms in total. The molecule has 0 radical (unpaired) electrons. The van der Waals surface area contributed by atoms with Crippen molar-refractivity contribution >= 4 is 11.6 Å². The molecule has 20 heavy (non-hydrogen) atoms. The second-order valence-electron chi connectivity index (χ2n) is 6.70. The molecule has 2 heteroatoms. The van der Waals surface area contributed by atoms with E-state index in [1.54, 1.807) is 0 Å². The number of carbonyl (C=O) groups excluding carboxylic acids is 2. The summed E-state index contributed by atoms with van der Waals surface area (Å²) in [6.45, 7) is 0. The molecule has 3 fully saturated rings. The lowest BCUT2D eigenvalue weighted by atomic mass is 9.69. The summed E-state index contributed by atoms with van der Waals surface area (Å²) in [5.74, 6) is 1.23. The van der Waals surface area contributed by atoms with Crippen LogP contribution in [0.3, 0.4) is 0 Å². The van der Waals surface area contributed by atoms with Gasteiger partial charge >= 0.3 is 0 Å². The molecule has 1 spiro atoms. The van der Waals surface area contributed by atoms with Crippen LogP contribution >= 0.6 is 0 Å². The summed E-state index contributed by atoms with van der Waals surface area (Å²) in [6.07, 6.45) is 5.56. The zero-order valence-electron chi connectivity index (χ0n) is 11.7. The molecule has 0 amide bonds. The molecular formula is C18H20O2. The number of benzene rings is 1. The molecule has 1 aromatic carbocycles. The van der Waals surface area contributed by atoms with Gasteiger partial charge in [-0.15, -0.1) is 0 Å². The summed E-state index contributed by atoms with van der Waals surface area (Å²) in [6, 6.07) is 10.3. The first kappa shape index (κ1) is 12.3. The SMILES string of the molecule is O=C1CCC[C@]12C(=O)[C@H]1CCC[C@H]1[C@@H]2c1ccccc1. The van der Waals surface area contributed by atoms with E-state index in [-0.39, 0.29) is 23.4 Å². The number of rotatable bonds is 1. The van der Waals surface area contributed by atoms with Gasteiger partial charge in [-0.2, -0.15) is 0 Å². The van der Waals surface area contributed by atoms with Gasteiger partial charge in [0.25, 0.3) is 0 Å². The van der Waals surface area contributed by atoms with E-state index in [4.69, 9.17) is 0 Å². The van der Waals surface area contributed by atoms with E-state index in [0.717, 1.165) is 32.1 Å². The van der Waals surface area contributed by atoms with Gasteiger partial charge in [0.2, 0.25) is 0 Å². The Hall–Kier alpha value is -1.44. The van der Waals surface area contributed by atoms with E-state index >= 15 is 0 Å².